The van der Waals surface area contributed by atoms with Gasteiger partial charge in [-0.1, -0.05) is 12.7 Å². The normalized spacial score (nSPS) is 19.8. The van der Waals surface area contributed by atoms with Gasteiger partial charge in [0.1, 0.15) is 24.5 Å². The number of allylic oxidation sites excluding steroid dienone is 1. The molecule has 76 valence electrons. The standard InChI is InChI=1S/C12H19N2/c1-3-8-13-9-10-14(11-13)12(2)6-4-5-7-12/h3,9-11H,1,4-8H2,2H3/q+1. The number of aromatic nitrogens is 2. The molecule has 0 saturated heterocycles. The zero-order valence-corrected chi connectivity index (χ0v) is 8.95. The van der Waals surface area contributed by atoms with Crippen molar-refractivity contribution in [2.45, 2.75) is 44.7 Å². The van der Waals surface area contributed by atoms with Gasteiger partial charge in [-0.25, -0.2) is 9.13 Å². The van der Waals surface area contributed by atoms with Crippen molar-refractivity contribution in [3.05, 3.63) is 31.4 Å². The van der Waals surface area contributed by atoms with Gasteiger partial charge in [0.25, 0.3) is 0 Å². The van der Waals surface area contributed by atoms with Crippen molar-refractivity contribution in [1.29, 1.82) is 0 Å². The molecular weight excluding hydrogens is 172 g/mol. The van der Waals surface area contributed by atoms with Crippen LogP contribution in [-0.4, -0.2) is 4.57 Å². The van der Waals surface area contributed by atoms with E-state index in [-0.39, 0.29) is 0 Å². The van der Waals surface area contributed by atoms with Crippen molar-refractivity contribution in [2.24, 2.45) is 0 Å². The average molecular weight is 191 g/mol. The Morgan fingerprint density at radius 2 is 2.21 bits per heavy atom. The second kappa shape index (κ2) is 3.60. The van der Waals surface area contributed by atoms with Crippen LogP contribution in [0.1, 0.15) is 32.6 Å². The molecule has 1 saturated carbocycles. The van der Waals surface area contributed by atoms with Crippen molar-refractivity contribution in [2.75, 3.05) is 0 Å². The Morgan fingerprint density at radius 1 is 1.50 bits per heavy atom. The number of rotatable bonds is 3. The lowest BCUT2D eigenvalue weighted by Gasteiger charge is -2.19. The second-order valence-corrected chi connectivity index (χ2v) is 4.51. The fourth-order valence-corrected chi connectivity index (χ4v) is 2.37. The first kappa shape index (κ1) is 9.50. The minimum atomic E-state index is 0.367. The van der Waals surface area contributed by atoms with Crippen molar-refractivity contribution in [3.8, 4) is 0 Å². The zero-order chi connectivity index (χ0) is 10.0. The summed E-state index contributed by atoms with van der Waals surface area (Å²) >= 11 is 0. The van der Waals surface area contributed by atoms with Crippen LogP contribution in [0.4, 0.5) is 0 Å². The third kappa shape index (κ3) is 1.61. The number of nitrogens with zero attached hydrogens (tertiary/aromatic N) is 2. The largest absolute Gasteiger partial charge is 0.244 e. The molecule has 0 spiro atoms. The summed E-state index contributed by atoms with van der Waals surface area (Å²) in [5.41, 5.74) is 0.367. The third-order valence-electron chi connectivity index (χ3n) is 3.34. The fraction of sp³-hybridized carbons (Fsp3) is 0.583. The van der Waals surface area contributed by atoms with Gasteiger partial charge in [-0.2, -0.15) is 0 Å². The lowest BCUT2D eigenvalue weighted by atomic mass is 10.0. The molecule has 2 nitrogen and oxygen atoms in total. The Bertz CT molecular complexity index is 319. The van der Waals surface area contributed by atoms with E-state index in [1.807, 2.05) is 6.08 Å². The summed E-state index contributed by atoms with van der Waals surface area (Å²) in [6.07, 6.45) is 13.8. The van der Waals surface area contributed by atoms with Gasteiger partial charge in [0, 0.05) is 0 Å². The molecular formula is C12H19N2+. The van der Waals surface area contributed by atoms with Crippen LogP contribution in [0.2, 0.25) is 0 Å². The topological polar surface area (TPSA) is 8.81 Å². The Kier molecular flexibility index (Phi) is 2.44. The molecule has 0 radical (unpaired) electrons. The van der Waals surface area contributed by atoms with Crippen LogP contribution in [0.15, 0.2) is 31.4 Å². The maximum atomic E-state index is 3.75. The molecule has 1 aliphatic rings. The van der Waals surface area contributed by atoms with Crippen LogP contribution in [-0.2, 0) is 12.1 Å². The summed E-state index contributed by atoms with van der Waals surface area (Å²) < 4.78 is 4.54. The number of hydrogen-bond acceptors (Lipinski definition) is 0. The van der Waals surface area contributed by atoms with Crippen LogP contribution in [0, 0.1) is 0 Å². The van der Waals surface area contributed by atoms with E-state index in [4.69, 9.17) is 0 Å². The van der Waals surface area contributed by atoms with Crippen molar-refractivity contribution in [3.63, 3.8) is 0 Å². The molecule has 0 bridgehead atoms. The third-order valence-corrected chi connectivity index (χ3v) is 3.34. The molecule has 2 heteroatoms. The van der Waals surface area contributed by atoms with Gasteiger partial charge in [0.05, 0.1) is 0 Å². The molecule has 2 rings (SSSR count). The van der Waals surface area contributed by atoms with E-state index in [0.29, 0.717) is 5.54 Å². The summed E-state index contributed by atoms with van der Waals surface area (Å²) in [6, 6.07) is 0. The lowest BCUT2D eigenvalue weighted by molar-refractivity contribution is -0.759. The molecule has 0 amide bonds. The van der Waals surface area contributed by atoms with Crippen molar-refractivity contribution >= 4 is 0 Å². The van der Waals surface area contributed by atoms with Crippen LogP contribution in [0.3, 0.4) is 0 Å². The van der Waals surface area contributed by atoms with E-state index in [9.17, 15) is 0 Å². The summed E-state index contributed by atoms with van der Waals surface area (Å²) in [7, 11) is 0. The first-order valence-electron chi connectivity index (χ1n) is 5.43. The molecule has 14 heavy (non-hydrogen) atoms. The summed E-state index contributed by atoms with van der Waals surface area (Å²) in [5, 5.41) is 0. The smallest absolute Gasteiger partial charge is 0.233 e. The molecule has 0 aromatic carbocycles. The Hall–Kier alpha value is -1.05. The lowest BCUT2D eigenvalue weighted by Crippen LogP contribution is -2.51. The summed E-state index contributed by atoms with van der Waals surface area (Å²) in [5.74, 6) is 0. The van der Waals surface area contributed by atoms with Gasteiger partial charge in [-0.3, -0.25) is 0 Å². The van der Waals surface area contributed by atoms with Gasteiger partial charge in [-0.15, -0.1) is 0 Å². The minimum absolute atomic E-state index is 0.367. The zero-order valence-electron chi connectivity index (χ0n) is 8.95. The maximum absolute atomic E-state index is 3.75. The summed E-state index contributed by atoms with van der Waals surface area (Å²) in [4.78, 5) is 0. The van der Waals surface area contributed by atoms with E-state index in [1.54, 1.807) is 0 Å². The predicted octanol–water partition coefficient (Wildman–Crippen LogP) is 2.25. The van der Waals surface area contributed by atoms with Crippen LogP contribution in [0.5, 0.6) is 0 Å². The molecule has 1 aromatic rings. The van der Waals surface area contributed by atoms with Crippen LogP contribution >= 0.6 is 0 Å². The van der Waals surface area contributed by atoms with E-state index < -0.39 is 0 Å². The van der Waals surface area contributed by atoms with E-state index >= 15 is 0 Å². The maximum Gasteiger partial charge on any atom is 0.244 e. The molecule has 0 atom stereocenters. The Morgan fingerprint density at radius 3 is 2.86 bits per heavy atom. The van der Waals surface area contributed by atoms with Gasteiger partial charge >= 0.3 is 0 Å². The second-order valence-electron chi connectivity index (χ2n) is 4.51. The molecule has 1 heterocycles. The van der Waals surface area contributed by atoms with Crippen molar-refractivity contribution < 1.29 is 4.57 Å². The van der Waals surface area contributed by atoms with Crippen LogP contribution < -0.4 is 4.57 Å². The quantitative estimate of drug-likeness (QED) is 0.512. The highest BCUT2D eigenvalue weighted by Gasteiger charge is 2.34. The first-order chi connectivity index (χ1) is 6.74. The van der Waals surface area contributed by atoms with Gasteiger partial charge in [-0.05, 0) is 32.6 Å². The Labute approximate surface area is 85.9 Å². The number of hydrogen-bond donors (Lipinski definition) is 0. The highest BCUT2D eigenvalue weighted by atomic mass is 15.2. The monoisotopic (exact) mass is 191 g/mol. The summed E-state index contributed by atoms with van der Waals surface area (Å²) in [6.45, 7) is 7.02. The molecule has 0 N–H and O–H groups in total. The van der Waals surface area contributed by atoms with Gasteiger partial charge in [0.15, 0.2) is 0 Å². The van der Waals surface area contributed by atoms with E-state index in [0.717, 1.165) is 6.54 Å². The first-order valence-corrected chi connectivity index (χ1v) is 5.43. The molecule has 0 aliphatic heterocycles. The molecule has 1 aliphatic carbocycles. The minimum Gasteiger partial charge on any atom is -0.233 e. The highest BCUT2D eigenvalue weighted by molar-refractivity contribution is 4.79. The predicted molar refractivity (Wildman–Crippen MR) is 56.9 cm³/mol. The van der Waals surface area contributed by atoms with E-state index in [1.165, 1.54) is 25.7 Å². The molecule has 1 fully saturated rings. The van der Waals surface area contributed by atoms with Crippen LogP contribution in [0.25, 0.3) is 0 Å². The average Bonchev–Trinajstić information content (AvgIpc) is 2.75. The molecule has 0 unspecified atom stereocenters. The SMILES string of the molecule is C=CCn1cc[n+](C2(C)CCCC2)c1. The molecule has 1 aromatic heterocycles. The van der Waals surface area contributed by atoms with E-state index in [2.05, 4.69) is 41.4 Å². The van der Waals surface area contributed by atoms with Gasteiger partial charge < -0.3 is 0 Å². The fourth-order valence-electron chi connectivity index (χ4n) is 2.37. The van der Waals surface area contributed by atoms with Gasteiger partial charge in [0.2, 0.25) is 6.33 Å². The Balaban J connectivity index is 2.19. The highest BCUT2D eigenvalue weighted by Crippen LogP contribution is 2.31. The number of imidazole rings is 1. The van der Waals surface area contributed by atoms with Crippen molar-refractivity contribution in [1.82, 2.24) is 4.57 Å².